The largest absolute Gasteiger partial charge is 0.453 e. The van der Waals surface area contributed by atoms with E-state index in [0.717, 1.165) is 50.7 Å². The van der Waals surface area contributed by atoms with Crippen molar-refractivity contribution in [3.63, 3.8) is 0 Å². The third-order valence-electron chi connectivity index (χ3n) is 7.24. The van der Waals surface area contributed by atoms with E-state index in [4.69, 9.17) is 4.74 Å². The molecule has 0 aromatic heterocycles. The number of hydrogen-bond donors (Lipinski definition) is 0. The van der Waals surface area contributed by atoms with Crippen molar-refractivity contribution in [2.24, 2.45) is 5.92 Å². The highest BCUT2D eigenvalue weighted by molar-refractivity contribution is 5.71. The van der Waals surface area contributed by atoms with Crippen molar-refractivity contribution in [1.29, 1.82) is 0 Å². The Balaban J connectivity index is 1.62. The quantitative estimate of drug-likeness (QED) is 0.292. The van der Waals surface area contributed by atoms with Crippen LogP contribution < -0.4 is 4.74 Å². The lowest BCUT2D eigenvalue weighted by molar-refractivity contribution is -0.137. The van der Waals surface area contributed by atoms with Crippen LogP contribution in [0.25, 0.3) is 11.1 Å². The van der Waals surface area contributed by atoms with E-state index >= 15 is 8.78 Å². The number of aryl methyl sites for hydroxylation is 1. The van der Waals surface area contributed by atoms with Gasteiger partial charge in [-0.15, -0.1) is 0 Å². The summed E-state index contributed by atoms with van der Waals surface area (Å²) in [6, 6.07) is 12.8. The molecule has 1 saturated carbocycles. The van der Waals surface area contributed by atoms with Gasteiger partial charge in [0.1, 0.15) is 11.6 Å². The Morgan fingerprint density at radius 2 is 1.58 bits per heavy atom. The van der Waals surface area contributed by atoms with Gasteiger partial charge < -0.3 is 4.74 Å². The summed E-state index contributed by atoms with van der Waals surface area (Å²) < 4.78 is 75.8. The molecule has 0 unspecified atom stereocenters. The van der Waals surface area contributed by atoms with Gasteiger partial charge in [-0.3, -0.25) is 0 Å². The van der Waals surface area contributed by atoms with Gasteiger partial charge >= 0.3 is 6.18 Å². The van der Waals surface area contributed by atoms with Gasteiger partial charge in [0.2, 0.25) is 0 Å². The monoisotopic (exact) mass is 502 g/mol. The molecule has 0 spiro atoms. The highest BCUT2D eigenvalue weighted by atomic mass is 19.4. The normalized spacial score (nSPS) is 18.3. The first-order valence-electron chi connectivity index (χ1n) is 12.6. The fourth-order valence-corrected chi connectivity index (χ4v) is 5.21. The molecule has 0 amide bonds. The van der Waals surface area contributed by atoms with Crippen LogP contribution >= 0.6 is 0 Å². The van der Waals surface area contributed by atoms with Gasteiger partial charge in [0.15, 0.2) is 11.6 Å². The second-order valence-electron chi connectivity index (χ2n) is 9.77. The van der Waals surface area contributed by atoms with Crippen LogP contribution in [0.5, 0.6) is 11.5 Å². The van der Waals surface area contributed by atoms with Crippen LogP contribution in [0.3, 0.4) is 0 Å². The van der Waals surface area contributed by atoms with Gasteiger partial charge in [-0.1, -0.05) is 56.5 Å². The predicted molar refractivity (Wildman–Crippen MR) is 132 cm³/mol. The third-order valence-corrected chi connectivity index (χ3v) is 7.24. The number of hydrogen-bond acceptors (Lipinski definition) is 1. The van der Waals surface area contributed by atoms with Gasteiger partial charge in [-0.2, -0.15) is 13.2 Å². The van der Waals surface area contributed by atoms with Crippen LogP contribution in [0.1, 0.15) is 74.5 Å². The van der Waals surface area contributed by atoms with Gasteiger partial charge in [-0.05, 0) is 79.8 Å². The van der Waals surface area contributed by atoms with Crippen LogP contribution in [0.4, 0.5) is 22.0 Å². The smallest absolute Gasteiger partial charge is 0.416 e. The average molecular weight is 503 g/mol. The minimum Gasteiger partial charge on any atom is -0.453 e. The van der Waals surface area contributed by atoms with Crippen LogP contribution in [0.2, 0.25) is 0 Å². The van der Waals surface area contributed by atoms with E-state index in [1.54, 1.807) is 31.2 Å². The third kappa shape index (κ3) is 5.74. The van der Waals surface area contributed by atoms with Crippen LogP contribution in [-0.4, -0.2) is 0 Å². The van der Waals surface area contributed by atoms with E-state index in [1.807, 2.05) is 0 Å². The molecule has 0 radical (unpaired) electrons. The van der Waals surface area contributed by atoms with Crippen LogP contribution in [-0.2, 0) is 6.18 Å². The fraction of sp³-hybridized carbons (Fsp3) is 0.400. The zero-order chi connectivity index (χ0) is 25.9. The Hall–Kier alpha value is -2.89. The van der Waals surface area contributed by atoms with Gasteiger partial charge in [-0.25, -0.2) is 8.78 Å². The summed E-state index contributed by atoms with van der Waals surface area (Å²) in [6.07, 6.45) is 2.47. The lowest BCUT2D eigenvalue weighted by atomic mass is 9.76. The van der Waals surface area contributed by atoms with Crippen LogP contribution in [0.15, 0.2) is 54.6 Å². The molecule has 6 heteroatoms. The first-order chi connectivity index (χ1) is 17.2. The minimum absolute atomic E-state index is 0.0427. The van der Waals surface area contributed by atoms with E-state index in [1.165, 1.54) is 24.6 Å². The first-order valence-corrected chi connectivity index (χ1v) is 12.6. The van der Waals surface area contributed by atoms with Crippen molar-refractivity contribution in [3.8, 4) is 22.6 Å². The molecule has 1 aliphatic rings. The van der Waals surface area contributed by atoms with E-state index in [9.17, 15) is 13.2 Å². The first kappa shape index (κ1) is 26.2. The number of rotatable bonds is 7. The highest BCUT2D eigenvalue weighted by Gasteiger charge is 2.31. The molecule has 192 valence electrons. The zero-order valence-electron chi connectivity index (χ0n) is 20.6. The molecule has 0 saturated heterocycles. The van der Waals surface area contributed by atoms with Gasteiger partial charge in [0.05, 0.1) is 5.56 Å². The second kappa shape index (κ2) is 11.0. The van der Waals surface area contributed by atoms with Crippen molar-refractivity contribution < 1.29 is 26.7 Å². The Labute approximate surface area is 209 Å². The number of benzene rings is 3. The predicted octanol–water partition coefficient (Wildman–Crippen LogP) is 10.2. The molecule has 3 aromatic rings. The molecule has 0 N–H and O–H groups in total. The molecule has 3 aromatic carbocycles. The number of halogens is 5. The van der Waals surface area contributed by atoms with Crippen molar-refractivity contribution in [2.45, 2.75) is 70.9 Å². The molecule has 1 nitrogen and oxygen atoms in total. The molecule has 1 fully saturated rings. The van der Waals surface area contributed by atoms with Gasteiger partial charge in [0.25, 0.3) is 0 Å². The maximum Gasteiger partial charge on any atom is 0.416 e. The summed E-state index contributed by atoms with van der Waals surface area (Å²) in [4.78, 5) is 0. The number of unbranched alkanes of at least 4 members (excludes halogenated alkanes) is 1. The molecule has 0 heterocycles. The average Bonchev–Trinajstić information content (AvgIpc) is 2.86. The summed E-state index contributed by atoms with van der Waals surface area (Å²) in [5, 5.41) is 0. The van der Waals surface area contributed by atoms with E-state index in [-0.39, 0.29) is 17.2 Å². The summed E-state index contributed by atoms with van der Waals surface area (Å²) in [5.74, 6) is -0.573. The Morgan fingerprint density at radius 3 is 2.22 bits per heavy atom. The molecular weight excluding hydrogens is 471 g/mol. The van der Waals surface area contributed by atoms with Crippen molar-refractivity contribution >= 4 is 0 Å². The van der Waals surface area contributed by atoms with Crippen molar-refractivity contribution in [2.75, 3.05) is 0 Å². The SMILES string of the molecule is CCCC[C@H]1CC[C@H](c2c(F)cc(C)c(Oc3ccccc3-c3ccc(C(F)(F)F)cc3)c2F)CC1. The Morgan fingerprint density at radius 1 is 0.917 bits per heavy atom. The number of alkyl halides is 3. The fourth-order valence-electron chi connectivity index (χ4n) is 5.21. The second-order valence-corrected chi connectivity index (χ2v) is 9.77. The van der Waals surface area contributed by atoms with Crippen LogP contribution in [0, 0.1) is 24.5 Å². The maximum absolute atomic E-state index is 15.8. The minimum atomic E-state index is -4.44. The highest BCUT2D eigenvalue weighted by Crippen LogP contribution is 2.44. The summed E-state index contributed by atoms with van der Waals surface area (Å²) in [7, 11) is 0. The lowest BCUT2D eigenvalue weighted by Gasteiger charge is -2.29. The molecule has 0 atom stereocenters. The molecule has 4 rings (SSSR count). The molecule has 0 bridgehead atoms. The maximum atomic E-state index is 15.8. The topological polar surface area (TPSA) is 9.23 Å². The number of para-hydroxylation sites is 1. The Bertz CT molecular complexity index is 1180. The molecular formula is C30H31F5O. The standard InChI is InChI=1S/C30H31F5O/c1-3-4-7-20-10-12-22(13-11-20)27-25(31)18-19(2)29(28(27)32)36-26-9-6-5-8-24(26)21-14-16-23(17-15-21)30(33,34)35/h5-6,8-9,14-18,20,22H,3-4,7,10-13H2,1-2H3/t20-,22-. The number of ether oxygens (including phenoxy) is 1. The van der Waals surface area contributed by atoms with E-state index in [2.05, 4.69) is 6.92 Å². The van der Waals surface area contributed by atoms with Crippen molar-refractivity contribution in [3.05, 3.63) is 82.9 Å². The van der Waals surface area contributed by atoms with Gasteiger partial charge in [0, 0.05) is 11.1 Å². The lowest BCUT2D eigenvalue weighted by Crippen LogP contribution is -2.16. The summed E-state index contributed by atoms with van der Waals surface area (Å²) in [6.45, 7) is 3.76. The Kier molecular flexibility index (Phi) is 8.01. The van der Waals surface area contributed by atoms with E-state index in [0.29, 0.717) is 28.4 Å². The summed E-state index contributed by atoms with van der Waals surface area (Å²) >= 11 is 0. The molecule has 0 aliphatic heterocycles. The zero-order valence-corrected chi connectivity index (χ0v) is 20.6. The van der Waals surface area contributed by atoms with E-state index < -0.39 is 23.4 Å². The summed E-state index contributed by atoms with van der Waals surface area (Å²) in [5.41, 5.74) is 0.681. The molecule has 36 heavy (non-hydrogen) atoms. The molecule has 1 aliphatic carbocycles. The van der Waals surface area contributed by atoms with Crippen molar-refractivity contribution in [1.82, 2.24) is 0 Å².